The summed E-state index contributed by atoms with van der Waals surface area (Å²) in [6.45, 7) is 0. The van der Waals surface area contributed by atoms with Crippen molar-refractivity contribution in [2.75, 3.05) is 4.90 Å². The Morgan fingerprint density at radius 2 is 0.571 bits per heavy atom. The van der Waals surface area contributed by atoms with Crippen molar-refractivity contribution in [3.8, 4) is 61.3 Å². The average molecular weight is 891 g/mol. The molecule has 0 aliphatic heterocycles. The zero-order valence-electron chi connectivity index (χ0n) is 38.5. The SMILES string of the molecule is c1ccc(-c2ccc(N(c3ccc(-c4ccc5c(c4)c(-c4ccccc4)c(-c4ccccc4)c4ccccc45)cc3)c3ccc(-c4ccc5c(c4)c4ccccc4n5-c4ccccc4)cc3)cc2)cc1. The van der Waals surface area contributed by atoms with E-state index in [1.807, 2.05) is 0 Å². The van der Waals surface area contributed by atoms with Crippen molar-refractivity contribution in [2.45, 2.75) is 0 Å². The Hall–Kier alpha value is -9.24. The molecule has 0 aliphatic carbocycles. The molecule has 328 valence electrons. The van der Waals surface area contributed by atoms with Crippen LogP contribution >= 0.6 is 0 Å². The third-order valence-electron chi connectivity index (χ3n) is 14.0. The fourth-order valence-corrected chi connectivity index (χ4v) is 10.7. The summed E-state index contributed by atoms with van der Waals surface area (Å²) in [7, 11) is 0. The molecule has 0 bridgehead atoms. The van der Waals surface area contributed by atoms with Crippen LogP contribution < -0.4 is 4.90 Å². The summed E-state index contributed by atoms with van der Waals surface area (Å²) >= 11 is 0. The first-order chi connectivity index (χ1) is 34.7. The molecule has 70 heavy (non-hydrogen) atoms. The molecule has 0 atom stereocenters. The minimum Gasteiger partial charge on any atom is -0.311 e. The molecule has 0 saturated heterocycles. The van der Waals surface area contributed by atoms with Gasteiger partial charge in [-0.1, -0.05) is 206 Å². The van der Waals surface area contributed by atoms with E-state index in [0.29, 0.717) is 0 Å². The van der Waals surface area contributed by atoms with Gasteiger partial charge in [0.15, 0.2) is 0 Å². The van der Waals surface area contributed by atoms with Crippen LogP contribution in [0.5, 0.6) is 0 Å². The lowest BCUT2D eigenvalue weighted by molar-refractivity contribution is 1.18. The van der Waals surface area contributed by atoms with E-state index in [2.05, 4.69) is 289 Å². The maximum absolute atomic E-state index is 2.40. The molecule has 0 aliphatic rings. The summed E-state index contributed by atoms with van der Waals surface area (Å²) in [5, 5.41) is 7.51. The highest BCUT2D eigenvalue weighted by molar-refractivity contribution is 6.22. The van der Waals surface area contributed by atoms with Gasteiger partial charge >= 0.3 is 0 Å². The van der Waals surface area contributed by atoms with Gasteiger partial charge in [-0.25, -0.2) is 0 Å². The van der Waals surface area contributed by atoms with E-state index < -0.39 is 0 Å². The van der Waals surface area contributed by atoms with E-state index >= 15 is 0 Å². The highest BCUT2D eigenvalue weighted by Crippen LogP contribution is 2.46. The molecule has 2 nitrogen and oxygen atoms in total. The smallest absolute Gasteiger partial charge is 0.0541 e. The molecule has 0 saturated carbocycles. The Labute approximate surface area is 408 Å². The fourth-order valence-electron chi connectivity index (χ4n) is 10.7. The van der Waals surface area contributed by atoms with E-state index in [-0.39, 0.29) is 0 Å². The number of anilines is 3. The predicted octanol–water partition coefficient (Wildman–Crippen LogP) is 18.9. The quantitative estimate of drug-likeness (QED) is 0.131. The van der Waals surface area contributed by atoms with E-state index in [1.54, 1.807) is 0 Å². The number of hydrogen-bond acceptors (Lipinski definition) is 1. The van der Waals surface area contributed by atoms with E-state index in [9.17, 15) is 0 Å². The van der Waals surface area contributed by atoms with Crippen molar-refractivity contribution in [3.63, 3.8) is 0 Å². The molecule has 13 aromatic rings. The molecule has 0 unspecified atom stereocenters. The number of benzene rings is 12. The minimum absolute atomic E-state index is 1.09. The fraction of sp³-hybridized carbons (Fsp3) is 0. The Balaban J connectivity index is 0.903. The maximum atomic E-state index is 2.40. The zero-order valence-corrected chi connectivity index (χ0v) is 38.5. The highest BCUT2D eigenvalue weighted by Gasteiger charge is 2.20. The van der Waals surface area contributed by atoms with Gasteiger partial charge in [0, 0.05) is 33.5 Å². The summed E-state index contributed by atoms with van der Waals surface area (Å²) in [4.78, 5) is 2.37. The van der Waals surface area contributed by atoms with Crippen LogP contribution in [0.1, 0.15) is 0 Å². The largest absolute Gasteiger partial charge is 0.311 e. The van der Waals surface area contributed by atoms with Gasteiger partial charge in [-0.15, -0.1) is 0 Å². The normalized spacial score (nSPS) is 11.4. The van der Waals surface area contributed by atoms with Crippen LogP contribution in [0.2, 0.25) is 0 Å². The van der Waals surface area contributed by atoms with E-state index in [4.69, 9.17) is 0 Å². The second-order valence-electron chi connectivity index (χ2n) is 18.1. The molecular weight excluding hydrogens is 845 g/mol. The zero-order chi connectivity index (χ0) is 46.4. The van der Waals surface area contributed by atoms with Crippen molar-refractivity contribution in [3.05, 3.63) is 279 Å². The molecule has 0 spiro atoms. The molecule has 0 radical (unpaired) electrons. The Morgan fingerprint density at radius 1 is 0.214 bits per heavy atom. The molecule has 1 aromatic heterocycles. The number of hydrogen-bond donors (Lipinski definition) is 0. The third-order valence-corrected chi connectivity index (χ3v) is 14.0. The summed E-state index contributed by atoms with van der Waals surface area (Å²) < 4.78 is 2.37. The number of para-hydroxylation sites is 2. The Morgan fingerprint density at radius 3 is 1.13 bits per heavy atom. The lowest BCUT2D eigenvalue weighted by Crippen LogP contribution is -2.09. The average Bonchev–Trinajstić information content (AvgIpc) is 3.78. The van der Waals surface area contributed by atoms with Crippen molar-refractivity contribution in [2.24, 2.45) is 0 Å². The van der Waals surface area contributed by atoms with Crippen LogP contribution in [0.25, 0.3) is 105 Å². The van der Waals surface area contributed by atoms with Crippen LogP contribution in [-0.4, -0.2) is 4.57 Å². The second-order valence-corrected chi connectivity index (χ2v) is 18.1. The van der Waals surface area contributed by atoms with Crippen LogP contribution in [-0.2, 0) is 0 Å². The first-order valence-corrected chi connectivity index (χ1v) is 24.1. The monoisotopic (exact) mass is 890 g/mol. The van der Waals surface area contributed by atoms with Crippen LogP contribution in [0.3, 0.4) is 0 Å². The van der Waals surface area contributed by atoms with E-state index in [1.165, 1.54) is 93.4 Å². The molecule has 0 amide bonds. The van der Waals surface area contributed by atoms with Gasteiger partial charge in [0.05, 0.1) is 11.0 Å². The van der Waals surface area contributed by atoms with Crippen molar-refractivity contribution in [1.29, 1.82) is 0 Å². The van der Waals surface area contributed by atoms with Gasteiger partial charge in [0.2, 0.25) is 0 Å². The molecule has 2 heteroatoms. The maximum Gasteiger partial charge on any atom is 0.0541 e. The van der Waals surface area contributed by atoms with E-state index in [0.717, 1.165) is 28.3 Å². The van der Waals surface area contributed by atoms with Crippen LogP contribution in [0.4, 0.5) is 17.1 Å². The van der Waals surface area contributed by atoms with Crippen LogP contribution in [0.15, 0.2) is 279 Å². The molecule has 1 heterocycles. The van der Waals surface area contributed by atoms with Crippen molar-refractivity contribution < 1.29 is 0 Å². The number of nitrogens with zero attached hydrogens (tertiary/aromatic N) is 2. The molecule has 12 aromatic carbocycles. The number of rotatable bonds is 9. The van der Waals surface area contributed by atoms with Crippen molar-refractivity contribution in [1.82, 2.24) is 4.57 Å². The summed E-state index contributed by atoms with van der Waals surface area (Å²) in [6.07, 6.45) is 0. The summed E-state index contributed by atoms with van der Waals surface area (Å²) in [5.41, 5.74) is 18.9. The highest BCUT2D eigenvalue weighted by atomic mass is 15.1. The predicted molar refractivity (Wildman–Crippen MR) is 298 cm³/mol. The standard InChI is InChI=1S/C68H46N2/c1-5-17-47(18-6-1)48-29-37-56(38-30-48)69(58-41-33-50(34-42-58)54-36-44-66-63(45-54)61-26-15-16-28-65(61)70(66)55-23-11-4-12-24-55)57-39-31-49(32-40-57)53-35-43-60-59-25-13-14-27-62(59)67(51-19-7-2-8-20-51)68(64(60)46-53)52-21-9-3-10-22-52/h1-46H. The number of fused-ring (bicyclic) bond motifs is 6. The van der Waals surface area contributed by atoms with Crippen molar-refractivity contribution >= 4 is 60.4 Å². The van der Waals surface area contributed by atoms with Gasteiger partial charge in [0.1, 0.15) is 0 Å². The first kappa shape index (κ1) is 41.0. The van der Waals surface area contributed by atoms with Gasteiger partial charge < -0.3 is 9.47 Å². The van der Waals surface area contributed by atoms with Gasteiger partial charge in [-0.2, -0.15) is 0 Å². The van der Waals surface area contributed by atoms with Gasteiger partial charge in [-0.05, 0) is 150 Å². The summed E-state index contributed by atoms with van der Waals surface area (Å²) in [6, 6.07) is 102. The molecular formula is C68H46N2. The summed E-state index contributed by atoms with van der Waals surface area (Å²) in [5.74, 6) is 0. The molecule has 13 rings (SSSR count). The first-order valence-electron chi connectivity index (χ1n) is 24.1. The lowest BCUT2D eigenvalue weighted by atomic mass is 9.84. The lowest BCUT2D eigenvalue weighted by Gasteiger charge is -2.26. The topological polar surface area (TPSA) is 8.17 Å². The Kier molecular flexibility index (Phi) is 10.2. The van der Waals surface area contributed by atoms with Gasteiger partial charge in [-0.3, -0.25) is 0 Å². The van der Waals surface area contributed by atoms with Crippen LogP contribution in [0, 0.1) is 0 Å². The second kappa shape index (κ2) is 17.4. The molecule has 0 N–H and O–H groups in total. The number of aromatic nitrogens is 1. The molecule has 0 fully saturated rings. The Bertz CT molecular complexity index is 3990. The third kappa shape index (κ3) is 7.22. The van der Waals surface area contributed by atoms with Gasteiger partial charge in [0.25, 0.3) is 0 Å². The minimum atomic E-state index is 1.09.